The zero-order valence-corrected chi connectivity index (χ0v) is 14.3. The molecule has 0 saturated heterocycles. The highest BCUT2D eigenvalue weighted by atomic mass is 35.5. The largest absolute Gasteiger partial charge is 0.344 e. The minimum Gasteiger partial charge on any atom is -0.344 e. The van der Waals surface area contributed by atoms with Crippen LogP contribution in [0.4, 0.5) is 0 Å². The molecule has 0 spiro atoms. The molecular formula is C17H19ClN2OS. The van der Waals surface area contributed by atoms with Crippen LogP contribution >= 0.6 is 23.4 Å². The number of pyridine rings is 1. The van der Waals surface area contributed by atoms with E-state index in [0.29, 0.717) is 11.6 Å². The number of aromatic nitrogens is 1. The van der Waals surface area contributed by atoms with Crippen LogP contribution in [-0.2, 0) is 11.2 Å². The zero-order valence-electron chi connectivity index (χ0n) is 12.7. The molecule has 1 heterocycles. The Hall–Kier alpha value is -1.52. The topological polar surface area (TPSA) is 33.2 Å². The summed E-state index contributed by atoms with van der Waals surface area (Å²) in [6, 6.07) is 13.4. The predicted molar refractivity (Wildman–Crippen MR) is 92.3 cm³/mol. The van der Waals surface area contributed by atoms with E-state index in [-0.39, 0.29) is 11.2 Å². The van der Waals surface area contributed by atoms with Crippen molar-refractivity contribution < 1.29 is 4.79 Å². The molecule has 0 bridgehead atoms. The van der Waals surface area contributed by atoms with Crippen molar-refractivity contribution in [3.63, 3.8) is 0 Å². The van der Waals surface area contributed by atoms with Gasteiger partial charge in [0.25, 0.3) is 0 Å². The van der Waals surface area contributed by atoms with E-state index in [1.54, 1.807) is 22.9 Å². The number of benzene rings is 1. The molecule has 1 aromatic heterocycles. The average Bonchev–Trinajstić information content (AvgIpc) is 2.55. The van der Waals surface area contributed by atoms with Crippen molar-refractivity contribution in [3.8, 4) is 0 Å². The summed E-state index contributed by atoms with van der Waals surface area (Å²) in [7, 11) is 1.84. The van der Waals surface area contributed by atoms with Gasteiger partial charge in [0.2, 0.25) is 5.91 Å². The van der Waals surface area contributed by atoms with Crippen molar-refractivity contribution in [3.05, 3.63) is 59.4 Å². The molecule has 0 N–H and O–H groups in total. The number of halogens is 1. The van der Waals surface area contributed by atoms with E-state index in [1.165, 1.54) is 0 Å². The molecule has 0 aliphatic rings. The highest BCUT2D eigenvalue weighted by Gasteiger charge is 2.18. The van der Waals surface area contributed by atoms with E-state index in [1.807, 2.05) is 56.4 Å². The second-order valence-electron chi connectivity index (χ2n) is 5.04. The number of amides is 1. The summed E-state index contributed by atoms with van der Waals surface area (Å²) in [6.45, 7) is 2.60. The fraction of sp³-hybridized carbons (Fsp3) is 0.294. The Morgan fingerprint density at radius 3 is 2.64 bits per heavy atom. The molecule has 0 aliphatic carbocycles. The van der Waals surface area contributed by atoms with Gasteiger partial charge < -0.3 is 4.90 Å². The molecule has 1 unspecified atom stereocenters. The molecule has 2 aromatic rings. The molecule has 3 nitrogen and oxygen atoms in total. The van der Waals surface area contributed by atoms with Crippen LogP contribution in [0.1, 0.15) is 12.6 Å². The van der Waals surface area contributed by atoms with Crippen molar-refractivity contribution in [2.45, 2.75) is 23.5 Å². The van der Waals surface area contributed by atoms with E-state index in [9.17, 15) is 4.79 Å². The fourth-order valence-corrected chi connectivity index (χ4v) is 3.12. The van der Waals surface area contributed by atoms with Crippen LogP contribution in [0.5, 0.6) is 0 Å². The lowest BCUT2D eigenvalue weighted by atomic mass is 10.2. The van der Waals surface area contributed by atoms with Crippen molar-refractivity contribution in [1.82, 2.24) is 9.88 Å². The minimum atomic E-state index is -0.130. The quantitative estimate of drug-likeness (QED) is 0.751. The number of carbonyl (C=O) groups excluding carboxylic acids is 1. The van der Waals surface area contributed by atoms with Gasteiger partial charge in [0, 0.05) is 41.8 Å². The molecule has 1 aromatic carbocycles. The molecule has 0 fully saturated rings. The maximum Gasteiger partial charge on any atom is 0.235 e. The van der Waals surface area contributed by atoms with E-state index >= 15 is 0 Å². The van der Waals surface area contributed by atoms with Gasteiger partial charge in [0.1, 0.15) is 0 Å². The first-order valence-corrected chi connectivity index (χ1v) is 8.39. The second kappa shape index (κ2) is 8.20. The molecule has 2 rings (SSSR count). The molecule has 0 aliphatic heterocycles. The van der Waals surface area contributed by atoms with Crippen molar-refractivity contribution in [1.29, 1.82) is 0 Å². The van der Waals surface area contributed by atoms with Gasteiger partial charge in [-0.3, -0.25) is 9.78 Å². The lowest BCUT2D eigenvalue weighted by molar-refractivity contribution is -0.128. The second-order valence-corrected chi connectivity index (χ2v) is 6.90. The third-order valence-corrected chi connectivity index (χ3v) is 4.63. The van der Waals surface area contributed by atoms with Gasteiger partial charge in [-0.2, -0.15) is 0 Å². The molecule has 116 valence electrons. The van der Waals surface area contributed by atoms with Crippen LogP contribution < -0.4 is 0 Å². The smallest absolute Gasteiger partial charge is 0.235 e. The molecule has 22 heavy (non-hydrogen) atoms. The normalized spacial score (nSPS) is 12.0. The van der Waals surface area contributed by atoms with Gasteiger partial charge in [-0.1, -0.05) is 17.7 Å². The minimum absolute atomic E-state index is 0.121. The summed E-state index contributed by atoms with van der Waals surface area (Å²) in [5, 5.41) is 0.575. The standard InChI is InChI=1S/C17H19ClN2OS/c1-13(22-16-8-6-14(18)7-9-16)17(21)20(2)12-10-15-5-3-4-11-19-15/h3-9,11,13H,10,12H2,1-2H3. The van der Waals surface area contributed by atoms with E-state index in [4.69, 9.17) is 11.6 Å². The van der Waals surface area contributed by atoms with Gasteiger partial charge in [-0.25, -0.2) is 0 Å². The van der Waals surface area contributed by atoms with Gasteiger partial charge in [0.15, 0.2) is 0 Å². The SMILES string of the molecule is CC(Sc1ccc(Cl)cc1)C(=O)N(C)CCc1ccccn1. The Balaban J connectivity index is 1.85. The van der Waals surface area contributed by atoms with Crippen molar-refractivity contribution in [2.75, 3.05) is 13.6 Å². The van der Waals surface area contributed by atoms with Gasteiger partial charge >= 0.3 is 0 Å². The van der Waals surface area contributed by atoms with Crippen molar-refractivity contribution in [2.24, 2.45) is 0 Å². The number of nitrogens with zero attached hydrogens (tertiary/aromatic N) is 2. The maximum atomic E-state index is 12.4. The molecule has 1 atom stereocenters. The number of rotatable bonds is 6. The predicted octanol–water partition coefficient (Wildman–Crippen LogP) is 3.92. The summed E-state index contributed by atoms with van der Waals surface area (Å²) in [6.07, 6.45) is 2.54. The first-order valence-electron chi connectivity index (χ1n) is 7.13. The summed E-state index contributed by atoms with van der Waals surface area (Å²) in [5.74, 6) is 0.121. The van der Waals surface area contributed by atoms with Gasteiger partial charge in [-0.05, 0) is 43.3 Å². The first-order chi connectivity index (χ1) is 10.6. The molecule has 5 heteroatoms. The van der Waals surface area contributed by atoms with Crippen LogP contribution in [0.25, 0.3) is 0 Å². The number of hydrogen-bond donors (Lipinski definition) is 0. The Morgan fingerprint density at radius 2 is 2.00 bits per heavy atom. The van der Waals surface area contributed by atoms with Crippen LogP contribution in [0.15, 0.2) is 53.6 Å². The van der Waals surface area contributed by atoms with E-state index in [0.717, 1.165) is 17.0 Å². The lowest BCUT2D eigenvalue weighted by Crippen LogP contribution is -2.34. The highest BCUT2D eigenvalue weighted by Crippen LogP contribution is 2.25. The van der Waals surface area contributed by atoms with Crippen LogP contribution in [-0.4, -0.2) is 34.6 Å². The molecule has 0 radical (unpaired) electrons. The third-order valence-electron chi connectivity index (χ3n) is 3.28. The Morgan fingerprint density at radius 1 is 1.27 bits per heavy atom. The van der Waals surface area contributed by atoms with Gasteiger partial charge in [0.05, 0.1) is 5.25 Å². The number of likely N-dealkylation sites (N-methyl/N-ethyl adjacent to an activating group) is 1. The third kappa shape index (κ3) is 5.04. The number of hydrogen-bond acceptors (Lipinski definition) is 3. The van der Waals surface area contributed by atoms with Gasteiger partial charge in [-0.15, -0.1) is 11.8 Å². The maximum absolute atomic E-state index is 12.4. The molecule has 0 saturated carbocycles. The Labute approximate surface area is 140 Å². The van der Waals surface area contributed by atoms with Crippen LogP contribution in [0, 0.1) is 0 Å². The summed E-state index contributed by atoms with van der Waals surface area (Å²) < 4.78 is 0. The highest BCUT2D eigenvalue weighted by molar-refractivity contribution is 8.00. The number of thioether (sulfide) groups is 1. The van der Waals surface area contributed by atoms with E-state index < -0.39 is 0 Å². The lowest BCUT2D eigenvalue weighted by Gasteiger charge is -2.21. The number of carbonyl (C=O) groups is 1. The summed E-state index contributed by atoms with van der Waals surface area (Å²) in [5.41, 5.74) is 1.00. The zero-order chi connectivity index (χ0) is 15.9. The monoisotopic (exact) mass is 334 g/mol. The average molecular weight is 335 g/mol. The Bertz CT molecular complexity index is 604. The van der Waals surface area contributed by atoms with E-state index in [2.05, 4.69) is 4.98 Å². The van der Waals surface area contributed by atoms with Crippen molar-refractivity contribution >= 4 is 29.3 Å². The van der Waals surface area contributed by atoms with Crippen LogP contribution in [0.2, 0.25) is 5.02 Å². The summed E-state index contributed by atoms with van der Waals surface area (Å²) in [4.78, 5) is 19.5. The summed E-state index contributed by atoms with van der Waals surface area (Å²) >= 11 is 7.42. The first kappa shape index (κ1) is 16.8. The fourth-order valence-electron chi connectivity index (χ4n) is 2.02. The van der Waals surface area contributed by atoms with Crippen LogP contribution in [0.3, 0.4) is 0 Å². The Kier molecular flexibility index (Phi) is 6.28. The molecular weight excluding hydrogens is 316 g/mol. The molecule has 1 amide bonds.